The van der Waals surface area contributed by atoms with E-state index in [0.29, 0.717) is 28.9 Å². The lowest BCUT2D eigenvalue weighted by Crippen LogP contribution is -2.45. The van der Waals surface area contributed by atoms with Crippen molar-refractivity contribution in [3.8, 4) is 22.8 Å². The standard InChI is InChI=1S/C26H30N6O5/c1-13(2)19(26(35)36-3)28-24(34)22-30-21(31-32-22)16-5-4-6-17(11-16)25-27-12-18(37-25)23(33)29-20(14-7-8-14)15-9-10-15/h4-6,11-15,19-20H,7-10H2,1-3H3,(H,28,34)(H,29,33)(H,30,31,32)/t19-/m0/s1. The molecule has 2 aliphatic rings. The van der Waals surface area contributed by atoms with E-state index in [4.69, 9.17) is 9.15 Å². The van der Waals surface area contributed by atoms with Crippen molar-refractivity contribution in [2.45, 2.75) is 51.6 Å². The Morgan fingerprint density at radius 3 is 2.41 bits per heavy atom. The molecule has 1 aromatic carbocycles. The van der Waals surface area contributed by atoms with E-state index in [1.54, 1.807) is 38.1 Å². The van der Waals surface area contributed by atoms with Crippen LogP contribution in [0.2, 0.25) is 0 Å². The smallest absolute Gasteiger partial charge is 0.328 e. The number of carbonyl (C=O) groups is 3. The van der Waals surface area contributed by atoms with Crippen LogP contribution in [0, 0.1) is 17.8 Å². The van der Waals surface area contributed by atoms with Crippen molar-refractivity contribution in [1.29, 1.82) is 0 Å². The van der Waals surface area contributed by atoms with Crippen LogP contribution < -0.4 is 10.6 Å². The van der Waals surface area contributed by atoms with Crippen LogP contribution >= 0.6 is 0 Å². The van der Waals surface area contributed by atoms with Crippen LogP contribution in [0.3, 0.4) is 0 Å². The number of benzene rings is 1. The number of ether oxygens (including phenoxy) is 1. The Morgan fingerprint density at radius 1 is 1.05 bits per heavy atom. The summed E-state index contributed by atoms with van der Waals surface area (Å²) in [5, 5.41) is 12.5. The zero-order valence-electron chi connectivity index (χ0n) is 21.0. The predicted octanol–water partition coefficient (Wildman–Crippen LogP) is 2.97. The summed E-state index contributed by atoms with van der Waals surface area (Å²) in [5.74, 6) is 0.371. The molecule has 0 aliphatic heterocycles. The number of esters is 1. The van der Waals surface area contributed by atoms with Gasteiger partial charge in [0.2, 0.25) is 17.5 Å². The molecule has 194 valence electrons. The predicted molar refractivity (Wildman–Crippen MR) is 132 cm³/mol. The number of hydrogen-bond donors (Lipinski definition) is 3. The zero-order chi connectivity index (χ0) is 26.1. The molecule has 0 spiro atoms. The van der Waals surface area contributed by atoms with Crippen molar-refractivity contribution in [2.24, 2.45) is 17.8 Å². The van der Waals surface area contributed by atoms with Crippen LogP contribution in [0.4, 0.5) is 0 Å². The largest absolute Gasteiger partial charge is 0.467 e. The van der Waals surface area contributed by atoms with Gasteiger partial charge in [0.1, 0.15) is 6.04 Å². The highest BCUT2D eigenvalue weighted by Gasteiger charge is 2.42. The molecule has 2 aromatic heterocycles. The molecule has 37 heavy (non-hydrogen) atoms. The van der Waals surface area contributed by atoms with Crippen LogP contribution in [-0.4, -0.2) is 57.1 Å². The van der Waals surface area contributed by atoms with Gasteiger partial charge in [-0.25, -0.2) is 14.8 Å². The van der Waals surface area contributed by atoms with Gasteiger partial charge < -0.3 is 19.8 Å². The second-order valence-corrected chi connectivity index (χ2v) is 10.0. The first-order chi connectivity index (χ1) is 17.8. The van der Waals surface area contributed by atoms with Gasteiger partial charge in [0.25, 0.3) is 11.8 Å². The van der Waals surface area contributed by atoms with Crippen LogP contribution in [0.25, 0.3) is 22.8 Å². The number of aromatic nitrogens is 4. The average Bonchev–Trinajstić information content (AvgIpc) is 3.82. The Hall–Kier alpha value is -4.02. The molecule has 2 amide bonds. The minimum atomic E-state index is -0.811. The fourth-order valence-electron chi connectivity index (χ4n) is 4.38. The summed E-state index contributed by atoms with van der Waals surface area (Å²) < 4.78 is 10.5. The van der Waals surface area contributed by atoms with Gasteiger partial charge in [-0.05, 0) is 55.6 Å². The highest BCUT2D eigenvalue weighted by Crippen LogP contribution is 2.44. The molecular weight excluding hydrogens is 476 g/mol. The summed E-state index contributed by atoms with van der Waals surface area (Å²) in [6, 6.07) is 6.55. The SMILES string of the molecule is COC(=O)[C@@H](NC(=O)c1nc(-c2cccc(-c3ncc(C(=O)NC(C4CC4)C4CC4)o3)c2)n[nH]1)C(C)C. The van der Waals surface area contributed by atoms with E-state index in [1.165, 1.54) is 39.0 Å². The minimum absolute atomic E-state index is 0.0362. The van der Waals surface area contributed by atoms with E-state index in [2.05, 4.69) is 30.8 Å². The molecule has 3 aromatic rings. The maximum absolute atomic E-state index is 12.8. The van der Waals surface area contributed by atoms with Gasteiger partial charge in [0.15, 0.2) is 5.82 Å². The third-order valence-corrected chi connectivity index (χ3v) is 6.76. The molecule has 11 nitrogen and oxygen atoms in total. The maximum atomic E-state index is 12.8. The van der Waals surface area contributed by atoms with Crippen LogP contribution in [0.1, 0.15) is 60.7 Å². The number of methoxy groups -OCH3 is 1. The van der Waals surface area contributed by atoms with E-state index in [1.807, 2.05) is 0 Å². The molecule has 3 N–H and O–H groups in total. The highest BCUT2D eigenvalue weighted by atomic mass is 16.5. The van der Waals surface area contributed by atoms with E-state index >= 15 is 0 Å². The van der Waals surface area contributed by atoms with Crippen molar-refractivity contribution in [3.05, 3.63) is 42.0 Å². The third-order valence-electron chi connectivity index (χ3n) is 6.76. The zero-order valence-corrected chi connectivity index (χ0v) is 21.0. The van der Waals surface area contributed by atoms with Gasteiger partial charge in [0.05, 0.1) is 13.3 Å². The average molecular weight is 507 g/mol. The lowest BCUT2D eigenvalue weighted by atomic mass is 10.0. The molecule has 2 aliphatic carbocycles. The van der Waals surface area contributed by atoms with Crippen molar-refractivity contribution < 1.29 is 23.5 Å². The van der Waals surface area contributed by atoms with Gasteiger partial charge in [-0.3, -0.25) is 14.7 Å². The first kappa shape index (κ1) is 24.7. The lowest BCUT2D eigenvalue weighted by Gasteiger charge is -2.18. The number of nitrogens with one attached hydrogen (secondary N) is 3. The number of carbonyl (C=O) groups excluding carboxylic acids is 3. The molecule has 5 rings (SSSR count). The van der Waals surface area contributed by atoms with E-state index < -0.39 is 17.9 Å². The molecule has 0 bridgehead atoms. The van der Waals surface area contributed by atoms with Crippen molar-refractivity contribution in [3.63, 3.8) is 0 Å². The molecule has 2 fully saturated rings. The molecule has 2 saturated carbocycles. The summed E-state index contributed by atoms with van der Waals surface area (Å²) in [6.07, 6.45) is 6.12. The van der Waals surface area contributed by atoms with Crippen molar-refractivity contribution >= 4 is 17.8 Å². The minimum Gasteiger partial charge on any atom is -0.467 e. The fourth-order valence-corrected chi connectivity index (χ4v) is 4.38. The van der Waals surface area contributed by atoms with E-state index in [0.717, 1.165) is 0 Å². The normalized spacial score (nSPS) is 16.0. The topological polar surface area (TPSA) is 152 Å². The summed E-state index contributed by atoms with van der Waals surface area (Å²) in [7, 11) is 1.27. The molecule has 0 radical (unpaired) electrons. The number of aromatic amines is 1. The van der Waals surface area contributed by atoms with Gasteiger partial charge in [0, 0.05) is 17.2 Å². The first-order valence-electron chi connectivity index (χ1n) is 12.5. The van der Waals surface area contributed by atoms with E-state index in [-0.39, 0.29) is 35.3 Å². The van der Waals surface area contributed by atoms with Crippen LogP contribution in [0.5, 0.6) is 0 Å². The summed E-state index contributed by atoms with van der Waals surface area (Å²) >= 11 is 0. The summed E-state index contributed by atoms with van der Waals surface area (Å²) in [6.45, 7) is 3.60. The van der Waals surface area contributed by atoms with Gasteiger partial charge in [-0.2, -0.15) is 5.10 Å². The number of rotatable bonds is 10. The Bertz CT molecular complexity index is 1290. The Labute approximate surface area is 213 Å². The number of amides is 2. The lowest BCUT2D eigenvalue weighted by molar-refractivity contribution is -0.144. The third kappa shape index (κ3) is 5.55. The molecule has 0 unspecified atom stereocenters. The quantitative estimate of drug-likeness (QED) is 0.355. The van der Waals surface area contributed by atoms with E-state index in [9.17, 15) is 14.4 Å². The Balaban J connectivity index is 1.28. The number of nitrogens with zero attached hydrogens (tertiary/aromatic N) is 3. The molecule has 11 heteroatoms. The molecule has 1 atom stereocenters. The number of hydrogen-bond acceptors (Lipinski definition) is 8. The molecule has 0 saturated heterocycles. The summed E-state index contributed by atoms with van der Waals surface area (Å²) in [4.78, 5) is 45.9. The van der Waals surface area contributed by atoms with Crippen LogP contribution in [0.15, 0.2) is 34.9 Å². The highest BCUT2D eigenvalue weighted by molar-refractivity contribution is 5.94. The van der Waals surface area contributed by atoms with Crippen LogP contribution in [-0.2, 0) is 9.53 Å². The van der Waals surface area contributed by atoms with Gasteiger partial charge in [-0.1, -0.05) is 26.0 Å². The van der Waals surface area contributed by atoms with Crippen molar-refractivity contribution in [2.75, 3.05) is 7.11 Å². The second kappa shape index (κ2) is 10.2. The number of H-pyrrole nitrogens is 1. The molecular formula is C26H30N6O5. The fraction of sp³-hybridized carbons (Fsp3) is 0.462. The second-order valence-electron chi connectivity index (χ2n) is 10.0. The Kier molecular flexibility index (Phi) is 6.77. The van der Waals surface area contributed by atoms with Gasteiger partial charge >= 0.3 is 5.97 Å². The Morgan fingerprint density at radius 2 is 1.76 bits per heavy atom. The first-order valence-corrected chi connectivity index (χ1v) is 12.5. The van der Waals surface area contributed by atoms with Gasteiger partial charge in [-0.15, -0.1) is 0 Å². The monoisotopic (exact) mass is 506 g/mol. The molecule has 2 heterocycles. The van der Waals surface area contributed by atoms with Crippen molar-refractivity contribution in [1.82, 2.24) is 30.8 Å². The summed E-state index contributed by atoms with van der Waals surface area (Å²) in [5.41, 5.74) is 1.26. The maximum Gasteiger partial charge on any atom is 0.328 e. The number of oxazole rings is 1.